The van der Waals surface area contributed by atoms with E-state index in [0.717, 1.165) is 0 Å². The Bertz CT molecular complexity index is 422. The zero-order chi connectivity index (χ0) is 13.7. The van der Waals surface area contributed by atoms with Crippen molar-refractivity contribution < 1.29 is 14.6 Å². The fourth-order valence-electron chi connectivity index (χ4n) is 2.02. The van der Waals surface area contributed by atoms with Gasteiger partial charge in [-0.05, 0) is 24.3 Å². The average Bonchev–Trinajstić information content (AvgIpc) is 2.42. The third-order valence-electron chi connectivity index (χ3n) is 3.10. The normalized spacial score (nSPS) is 20.2. The van der Waals surface area contributed by atoms with Crippen molar-refractivity contribution in [2.45, 2.75) is 6.04 Å². The fraction of sp³-hybridized carbons (Fsp3) is 0.462. The minimum atomic E-state index is -0.106. The summed E-state index contributed by atoms with van der Waals surface area (Å²) in [5.41, 5.74) is 6.96. The molecule has 1 aromatic carbocycles. The zero-order valence-corrected chi connectivity index (χ0v) is 10.7. The zero-order valence-electron chi connectivity index (χ0n) is 10.7. The van der Waals surface area contributed by atoms with Gasteiger partial charge >= 0.3 is 0 Å². The van der Waals surface area contributed by atoms with Gasteiger partial charge in [-0.15, -0.1) is 0 Å². The van der Waals surface area contributed by atoms with Gasteiger partial charge in [-0.1, -0.05) is 0 Å². The van der Waals surface area contributed by atoms with Gasteiger partial charge in [0.2, 0.25) is 5.91 Å². The predicted molar refractivity (Wildman–Crippen MR) is 72.7 cm³/mol. The minimum absolute atomic E-state index is 0.00481. The highest BCUT2D eigenvalue weighted by Crippen LogP contribution is 2.11. The number of aliphatic hydroxyl groups is 1. The van der Waals surface area contributed by atoms with Gasteiger partial charge < -0.3 is 20.9 Å². The number of rotatable bonds is 4. The van der Waals surface area contributed by atoms with Gasteiger partial charge in [0, 0.05) is 17.9 Å². The Hall–Kier alpha value is -1.63. The fourth-order valence-corrected chi connectivity index (χ4v) is 2.02. The van der Waals surface area contributed by atoms with E-state index in [1.54, 1.807) is 24.3 Å². The van der Waals surface area contributed by atoms with E-state index in [9.17, 15) is 9.90 Å². The Morgan fingerprint density at radius 3 is 2.89 bits per heavy atom. The van der Waals surface area contributed by atoms with E-state index in [-0.39, 0.29) is 25.1 Å². The molecule has 6 nitrogen and oxygen atoms in total. The first-order chi connectivity index (χ1) is 9.19. The number of nitrogens with two attached hydrogens (primary N) is 1. The lowest BCUT2D eigenvalue weighted by atomic mass is 10.2. The lowest BCUT2D eigenvalue weighted by Gasteiger charge is -2.33. The van der Waals surface area contributed by atoms with Crippen LogP contribution in [-0.4, -0.2) is 54.9 Å². The summed E-state index contributed by atoms with van der Waals surface area (Å²) < 4.78 is 5.27. The third kappa shape index (κ3) is 3.92. The van der Waals surface area contributed by atoms with Crippen molar-refractivity contribution in [1.82, 2.24) is 4.90 Å². The van der Waals surface area contributed by atoms with Crippen LogP contribution >= 0.6 is 0 Å². The topological polar surface area (TPSA) is 87.8 Å². The number of hydrogen-bond acceptors (Lipinski definition) is 5. The maximum Gasteiger partial charge on any atom is 0.238 e. The van der Waals surface area contributed by atoms with E-state index >= 15 is 0 Å². The molecule has 0 aromatic heterocycles. The number of carbonyl (C=O) groups excluding carboxylic acids is 1. The van der Waals surface area contributed by atoms with Crippen LogP contribution in [0, 0.1) is 0 Å². The maximum absolute atomic E-state index is 11.9. The van der Waals surface area contributed by atoms with Crippen LogP contribution in [0.1, 0.15) is 0 Å². The lowest BCUT2D eigenvalue weighted by Crippen LogP contribution is -2.50. The van der Waals surface area contributed by atoms with E-state index in [1.165, 1.54) is 0 Å². The van der Waals surface area contributed by atoms with E-state index < -0.39 is 0 Å². The molecule has 1 aliphatic heterocycles. The molecule has 6 heteroatoms. The molecular formula is C13H19N3O3. The molecule has 1 fully saturated rings. The molecule has 0 radical (unpaired) electrons. The van der Waals surface area contributed by atoms with Crippen molar-refractivity contribution in [3.63, 3.8) is 0 Å². The second-order valence-corrected chi connectivity index (χ2v) is 4.55. The summed E-state index contributed by atoms with van der Waals surface area (Å²) in [5, 5.41) is 12.0. The largest absolute Gasteiger partial charge is 0.399 e. The van der Waals surface area contributed by atoms with Gasteiger partial charge in [0.1, 0.15) is 0 Å². The van der Waals surface area contributed by atoms with Gasteiger partial charge in [0.25, 0.3) is 0 Å². The molecule has 0 spiro atoms. The summed E-state index contributed by atoms with van der Waals surface area (Å²) in [4.78, 5) is 13.8. The van der Waals surface area contributed by atoms with Crippen LogP contribution in [0.3, 0.4) is 0 Å². The van der Waals surface area contributed by atoms with E-state index in [1.807, 2.05) is 4.90 Å². The van der Waals surface area contributed by atoms with E-state index in [2.05, 4.69) is 5.32 Å². The number of ether oxygens (including phenoxy) is 1. The van der Waals surface area contributed by atoms with Gasteiger partial charge in [-0.3, -0.25) is 9.69 Å². The molecule has 1 saturated heterocycles. The minimum Gasteiger partial charge on any atom is -0.399 e. The molecule has 2 rings (SSSR count). The first-order valence-corrected chi connectivity index (χ1v) is 6.27. The van der Waals surface area contributed by atoms with Crippen molar-refractivity contribution in [3.05, 3.63) is 24.3 Å². The number of benzene rings is 1. The summed E-state index contributed by atoms with van der Waals surface area (Å²) in [6.07, 6.45) is 0. The maximum atomic E-state index is 11.9. The van der Waals surface area contributed by atoms with Gasteiger partial charge in [0.15, 0.2) is 0 Å². The van der Waals surface area contributed by atoms with Crippen LogP contribution < -0.4 is 11.1 Å². The number of amides is 1. The number of anilines is 2. The first kappa shape index (κ1) is 13.8. The number of nitrogen functional groups attached to an aromatic ring is 1. The number of nitrogens with zero attached hydrogens (tertiary/aromatic N) is 1. The van der Waals surface area contributed by atoms with Gasteiger partial charge in [-0.25, -0.2) is 0 Å². The van der Waals surface area contributed by atoms with Crippen LogP contribution in [0.25, 0.3) is 0 Å². The van der Waals surface area contributed by atoms with Crippen LogP contribution in [-0.2, 0) is 9.53 Å². The molecule has 1 heterocycles. The quantitative estimate of drug-likeness (QED) is 0.662. The summed E-state index contributed by atoms with van der Waals surface area (Å²) in [5.74, 6) is -0.106. The molecule has 1 aromatic rings. The second kappa shape index (κ2) is 6.51. The van der Waals surface area contributed by atoms with Crippen molar-refractivity contribution in [2.24, 2.45) is 0 Å². The van der Waals surface area contributed by atoms with Crippen molar-refractivity contribution in [3.8, 4) is 0 Å². The Labute approximate surface area is 112 Å². The lowest BCUT2D eigenvalue weighted by molar-refractivity contribution is -0.120. The predicted octanol–water partition coefficient (Wildman–Crippen LogP) is -0.0996. The Kier molecular flexibility index (Phi) is 4.73. The highest BCUT2D eigenvalue weighted by molar-refractivity contribution is 5.92. The van der Waals surface area contributed by atoms with E-state index in [4.69, 9.17) is 10.5 Å². The molecule has 1 atom stereocenters. The summed E-state index contributed by atoms with van der Waals surface area (Å²) in [7, 11) is 0. The van der Waals surface area contributed by atoms with Crippen molar-refractivity contribution in [2.75, 3.05) is 44.0 Å². The van der Waals surface area contributed by atoms with Gasteiger partial charge in [0.05, 0.1) is 32.4 Å². The highest BCUT2D eigenvalue weighted by atomic mass is 16.5. The van der Waals surface area contributed by atoms with E-state index in [0.29, 0.717) is 31.1 Å². The summed E-state index contributed by atoms with van der Waals surface area (Å²) in [6.45, 7) is 1.95. The summed E-state index contributed by atoms with van der Waals surface area (Å²) >= 11 is 0. The van der Waals surface area contributed by atoms with Crippen molar-refractivity contribution >= 4 is 17.3 Å². The third-order valence-corrected chi connectivity index (χ3v) is 3.10. The van der Waals surface area contributed by atoms with Crippen molar-refractivity contribution in [1.29, 1.82) is 0 Å². The molecule has 1 unspecified atom stereocenters. The molecule has 0 bridgehead atoms. The van der Waals surface area contributed by atoms with Crippen LogP contribution in [0.15, 0.2) is 24.3 Å². The smallest absolute Gasteiger partial charge is 0.238 e. The number of carbonyl (C=O) groups is 1. The van der Waals surface area contributed by atoms with Gasteiger partial charge in [-0.2, -0.15) is 0 Å². The van der Waals surface area contributed by atoms with Crippen LogP contribution in [0.4, 0.5) is 11.4 Å². The SMILES string of the molecule is Nc1ccc(NC(=O)CN2CCOCC2CO)cc1. The first-order valence-electron chi connectivity index (χ1n) is 6.27. The molecule has 0 aliphatic carbocycles. The molecule has 1 aliphatic rings. The average molecular weight is 265 g/mol. The molecule has 19 heavy (non-hydrogen) atoms. The standard InChI is InChI=1S/C13H19N3O3/c14-10-1-3-11(4-2-10)15-13(18)7-16-5-6-19-9-12(16)8-17/h1-4,12,17H,5-9,14H2,(H,15,18). The molecule has 104 valence electrons. The Morgan fingerprint density at radius 2 is 2.21 bits per heavy atom. The Balaban J connectivity index is 1.88. The molecule has 1 amide bonds. The molecule has 4 N–H and O–H groups in total. The Morgan fingerprint density at radius 1 is 1.47 bits per heavy atom. The number of morpholine rings is 1. The summed E-state index contributed by atoms with van der Waals surface area (Å²) in [6, 6.07) is 6.89. The van der Waals surface area contributed by atoms with Crippen LogP contribution in [0.2, 0.25) is 0 Å². The number of hydrogen-bond donors (Lipinski definition) is 3. The monoisotopic (exact) mass is 265 g/mol. The molecule has 0 saturated carbocycles. The highest BCUT2D eigenvalue weighted by Gasteiger charge is 2.24. The molecular weight excluding hydrogens is 246 g/mol. The number of nitrogens with one attached hydrogen (secondary N) is 1. The van der Waals surface area contributed by atoms with Crippen LogP contribution in [0.5, 0.6) is 0 Å². The second-order valence-electron chi connectivity index (χ2n) is 4.55. The number of aliphatic hydroxyl groups excluding tert-OH is 1.